The first-order chi connectivity index (χ1) is 11.3. The lowest BCUT2D eigenvalue weighted by atomic mass is 10.1. The minimum Gasteiger partial charge on any atom is -0.455 e. The van der Waals surface area contributed by atoms with E-state index in [4.69, 9.17) is 4.74 Å². The van der Waals surface area contributed by atoms with Gasteiger partial charge in [-0.05, 0) is 39.3 Å². The first-order valence-electron chi connectivity index (χ1n) is 7.94. The fourth-order valence-corrected chi connectivity index (χ4v) is 2.92. The number of aromatic nitrogens is 1. The Balaban J connectivity index is 2.03. The lowest BCUT2D eigenvalue weighted by Crippen LogP contribution is -2.20. The number of rotatable bonds is 6. The third kappa shape index (κ3) is 3.74. The first kappa shape index (κ1) is 17.9. The summed E-state index contributed by atoms with van der Waals surface area (Å²) in [4.78, 5) is 24.3. The van der Waals surface area contributed by atoms with Crippen LogP contribution in [0.4, 0.5) is 0 Å². The van der Waals surface area contributed by atoms with Gasteiger partial charge in [0.25, 0.3) is 0 Å². The number of aliphatic hydroxyl groups is 1. The molecule has 1 aromatic heterocycles. The van der Waals surface area contributed by atoms with E-state index in [1.807, 2.05) is 27.7 Å². The topological polar surface area (TPSA) is 68.5 Å². The number of hydrogen-bond acceptors (Lipinski definition) is 4. The third-order valence-electron chi connectivity index (χ3n) is 3.99. The van der Waals surface area contributed by atoms with E-state index in [0.717, 1.165) is 11.4 Å². The Bertz CT molecular complexity index is 731. The van der Waals surface area contributed by atoms with Gasteiger partial charge in [-0.2, -0.15) is 0 Å². The lowest BCUT2D eigenvalue weighted by molar-refractivity contribution is -0.152. The van der Waals surface area contributed by atoms with E-state index in [1.54, 1.807) is 36.4 Å². The Labute approximate surface area is 141 Å². The highest BCUT2D eigenvalue weighted by atomic mass is 16.5. The second kappa shape index (κ2) is 7.45. The van der Waals surface area contributed by atoms with Crippen molar-refractivity contribution in [1.82, 2.24) is 4.57 Å². The summed E-state index contributed by atoms with van der Waals surface area (Å²) in [6.07, 6.45) is -1.39. The average molecular weight is 329 g/mol. The predicted molar refractivity (Wildman–Crippen MR) is 91.0 cm³/mol. The van der Waals surface area contributed by atoms with Gasteiger partial charge in [-0.3, -0.25) is 4.79 Å². The molecule has 0 fully saturated rings. The Morgan fingerprint density at radius 3 is 2.33 bits per heavy atom. The van der Waals surface area contributed by atoms with Crippen LogP contribution in [-0.4, -0.2) is 28.0 Å². The number of aryl methyl sites for hydroxylation is 1. The molecule has 1 heterocycles. The van der Waals surface area contributed by atoms with E-state index in [-0.39, 0.29) is 18.4 Å². The number of carbonyl (C=O) groups excluding carboxylic acids is 2. The molecule has 0 aliphatic carbocycles. The van der Waals surface area contributed by atoms with Crippen molar-refractivity contribution < 1.29 is 19.4 Å². The van der Waals surface area contributed by atoms with Crippen molar-refractivity contribution in [3.8, 4) is 0 Å². The van der Waals surface area contributed by atoms with Crippen LogP contribution in [0.5, 0.6) is 0 Å². The SMILES string of the molecule is Cc1cc(C(=O)COC(=O)[C@@H](O)c2ccccc2)c(C)n1C(C)C. The standard InChI is InChI=1S/C19H23NO4/c1-12(2)20-13(3)10-16(14(20)4)17(21)11-24-19(23)18(22)15-8-6-5-7-9-15/h5-10,12,18,22H,11H2,1-4H3/t18-/m0/s1. The van der Waals surface area contributed by atoms with Crippen molar-refractivity contribution in [3.05, 3.63) is 58.9 Å². The van der Waals surface area contributed by atoms with Gasteiger partial charge < -0.3 is 14.4 Å². The highest BCUT2D eigenvalue weighted by Crippen LogP contribution is 2.21. The minimum atomic E-state index is -1.39. The molecule has 0 spiro atoms. The maximum absolute atomic E-state index is 12.3. The van der Waals surface area contributed by atoms with Crippen LogP contribution in [0.2, 0.25) is 0 Å². The van der Waals surface area contributed by atoms with Gasteiger partial charge in [0.1, 0.15) is 0 Å². The third-order valence-corrected chi connectivity index (χ3v) is 3.99. The van der Waals surface area contributed by atoms with Crippen molar-refractivity contribution in [2.24, 2.45) is 0 Å². The Morgan fingerprint density at radius 2 is 1.79 bits per heavy atom. The molecular weight excluding hydrogens is 306 g/mol. The lowest BCUT2D eigenvalue weighted by Gasteiger charge is -2.14. The molecule has 2 aromatic rings. The maximum Gasteiger partial charge on any atom is 0.340 e. The van der Waals surface area contributed by atoms with Gasteiger partial charge in [0.2, 0.25) is 5.78 Å². The van der Waals surface area contributed by atoms with Gasteiger partial charge in [-0.15, -0.1) is 0 Å². The van der Waals surface area contributed by atoms with Gasteiger partial charge in [0.15, 0.2) is 12.7 Å². The average Bonchev–Trinajstić information content (AvgIpc) is 2.87. The van der Waals surface area contributed by atoms with Crippen molar-refractivity contribution in [2.75, 3.05) is 6.61 Å². The highest BCUT2D eigenvalue weighted by molar-refractivity contribution is 5.99. The molecule has 5 nitrogen and oxygen atoms in total. The van der Waals surface area contributed by atoms with Crippen molar-refractivity contribution >= 4 is 11.8 Å². The zero-order chi connectivity index (χ0) is 17.9. The molecule has 0 aliphatic rings. The van der Waals surface area contributed by atoms with Crippen LogP contribution in [0.15, 0.2) is 36.4 Å². The molecule has 0 saturated heterocycles. The van der Waals surface area contributed by atoms with E-state index in [9.17, 15) is 14.7 Å². The van der Waals surface area contributed by atoms with Crippen molar-refractivity contribution in [1.29, 1.82) is 0 Å². The van der Waals surface area contributed by atoms with Gasteiger partial charge in [-0.1, -0.05) is 30.3 Å². The van der Waals surface area contributed by atoms with Crippen LogP contribution in [0, 0.1) is 13.8 Å². The molecule has 0 aliphatic heterocycles. The number of ether oxygens (including phenoxy) is 1. The molecule has 128 valence electrons. The molecular formula is C19H23NO4. The smallest absolute Gasteiger partial charge is 0.340 e. The van der Waals surface area contributed by atoms with E-state index in [0.29, 0.717) is 11.1 Å². The maximum atomic E-state index is 12.3. The summed E-state index contributed by atoms with van der Waals surface area (Å²) in [6.45, 7) is 7.52. The number of hydrogen-bond donors (Lipinski definition) is 1. The summed E-state index contributed by atoms with van der Waals surface area (Å²) >= 11 is 0. The fourth-order valence-electron chi connectivity index (χ4n) is 2.92. The summed E-state index contributed by atoms with van der Waals surface area (Å²) in [5.41, 5.74) is 2.82. The molecule has 24 heavy (non-hydrogen) atoms. The molecule has 0 radical (unpaired) electrons. The summed E-state index contributed by atoms with van der Waals surface area (Å²) < 4.78 is 7.05. The summed E-state index contributed by atoms with van der Waals surface area (Å²) in [5, 5.41) is 9.96. The number of ketones is 1. The molecule has 0 unspecified atom stereocenters. The fraction of sp³-hybridized carbons (Fsp3) is 0.368. The second-order valence-corrected chi connectivity index (χ2v) is 6.09. The van der Waals surface area contributed by atoms with Gasteiger partial charge in [0, 0.05) is 23.0 Å². The molecule has 1 aromatic carbocycles. The molecule has 2 rings (SSSR count). The van der Waals surface area contributed by atoms with E-state index < -0.39 is 12.1 Å². The Hall–Kier alpha value is -2.40. The van der Waals surface area contributed by atoms with E-state index >= 15 is 0 Å². The Morgan fingerprint density at radius 1 is 1.17 bits per heavy atom. The monoisotopic (exact) mass is 329 g/mol. The number of Topliss-reactive ketones (excluding diaryl/α,β-unsaturated/α-hetero) is 1. The normalized spacial score (nSPS) is 12.2. The number of esters is 1. The zero-order valence-electron chi connectivity index (χ0n) is 14.4. The molecule has 5 heteroatoms. The predicted octanol–water partition coefficient (Wildman–Crippen LogP) is 3.15. The Kier molecular flexibility index (Phi) is 5.57. The van der Waals surface area contributed by atoms with Crippen LogP contribution < -0.4 is 0 Å². The number of benzene rings is 1. The molecule has 0 bridgehead atoms. The highest BCUT2D eigenvalue weighted by Gasteiger charge is 2.22. The molecule has 0 amide bonds. The minimum absolute atomic E-state index is 0.244. The summed E-state index contributed by atoms with van der Waals surface area (Å²) in [6, 6.07) is 10.5. The number of nitrogens with zero attached hydrogens (tertiary/aromatic N) is 1. The van der Waals surface area contributed by atoms with Crippen LogP contribution in [0.1, 0.15) is 53.3 Å². The van der Waals surface area contributed by atoms with Gasteiger partial charge >= 0.3 is 5.97 Å². The second-order valence-electron chi connectivity index (χ2n) is 6.09. The summed E-state index contributed by atoms with van der Waals surface area (Å²) in [7, 11) is 0. The first-order valence-corrected chi connectivity index (χ1v) is 7.94. The quantitative estimate of drug-likeness (QED) is 0.653. The number of aliphatic hydroxyl groups excluding tert-OH is 1. The van der Waals surface area contributed by atoms with Crippen LogP contribution >= 0.6 is 0 Å². The largest absolute Gasteiger partial charge is 0.455 e. The van der Waals surface area contributed by atoms with Gasteiger partial charge in [0.05, 0.1) is 0 Å². The molecule has 0 saturated carbocycles. The summed E-state index contributed by atoms with van der Waals surface area (Å²) in [5.74, 6) is -1.10. The van der Waals surface area contributed by atoms with Crippen LogP contribution in [-0.2, 0) is 9.53 Å². The van der Waals surface area contributed by atoms with Gasteiger partial charge in [-0.25, -0.2) is 4.79 Å². The van der Waals surface area contributed by atoms with Crippen LogP contribution in [0.3, 0.4) is 0 Å². The molecule has 1 N–H and O–H groups in total. The van der Waals surface area contributed by atoms with E-state index in [1.165, 1.54) is 0 Å². The van der Waals surface area contributed by atoms with E-state index in [2.05, 4.69) is 4.57 Å². The zero-order valence-corrected chi connectivity index (χ0v) is 14.4. The van der Waals surface area contributed by atoms with Crippen LogP contribution in [0.25, 0.3) is 0 Å². The molecule has 1 atom stereocenters. The van der Waals surface area contributed by atoms with Crippen molar-refractivity contribution in [2.45, 2.75) is 39.8 Å². The number of carbonyl (C=O) groups is 2. The van der Waals surface area contributed by atoms with Crippen molar-refractivity contribution in [3.63, 3.8) is 0 Å².